The molecule has 0 heterocycles. The third-order valence-corrected chi connectivity index (χ3v) is 2.69. The van der Waals surface area contributed by atoms with Crippen molar-refractivity contribution in [2.75, 3.05) is 7.05 Å². The van der Waals surface area contributed by atoms with Crippen molar-refractivity contribution in [3.05, 3.63) is 29.3 Å². The summed E-state index contributed by atoms with van der Waals surface area (Å²) in [6.45, 7) is 0. The molecule has 1 unspecified atom stereocenters. The molecule has 4 heteroatoms. The standard InChI is InChI=1S/C7H9ClNOP/c1-9-11(10)7-4-2-3-6(8)5-7/h2-5,9-10H,1H3. The van der Waals surface area contributed by atoms with Gasteiger partial charge in [-0.2, -0.15) is 0 Å². The summed E-state index contributed by atoms with van der Waals surface area (Å²) in [6, 6.07) is 7.20. The highest BCUT2D eigenvalue weighted by molar-refractivity contribution is 7.57. The van der Waals surface area contributed by atoms with E-state index in [0.717, 1.165) is 5.30 Å². The maximum atomic E-state index is 9.35. The summed E-state index contributed by atoms with van der Waals surface area (Å²) in [5.74, 6) is 0. The lowest BCUT2D eigenvalue weighted by molar-refractivity contribution is 0.625. The molecule has 0 aliphatic carbocycles. The first-order valence-corrected chi connectivity index (χ1v) is 4.83. The molecule has 0 saturated carbocycles. The van der Waals surface area contributed by atoms with Gasteiger partial charge in [-0.3, -0.25) is 5.09 Å². The summed E-state index contributed by atoms with van der Waals surface area (Å²) in [4.78, 5) is 9.35. The number of benzene rings is 1. The molecule has 2 N–H and O–H groups in total. The Morgan fingerprint density at radius 2 is 2.27 bits per heavy atom. The van der Waals surface area contributed by atoms with Crippen LogP contribution >= 0.6 is 19.9 Å². The minimum absolute atomic E-state index is 0.652. The van der Waals surface area contributed by atoms with Crippen LogP contribution in [-0.2, 0) is 0 Å². The second-order valence-electron chi connectivity index (χ2n) is 2.02. The number of rotatable bonds is 2. The molecular weight excluding hydrogens is 181 g/mol. The van der Waals surface area contributed by atoms with Gasteiger partial charge in [-0.15, -0.1) is 0 Å². The van der Waals surface area contributed by atoms with Gasteiger partial charge in [-0.1, -0.05) is 23.7 Å². The van der Waals surface area contributed by atoms with Crippen molar-refractivity contribution in [1.82, 2.24) is 5.09 Å². The summed E-state index contributed by atoms with van der Waals surface area (Å²) in [5, 5.41) is 4.26. The van der Waals surface area contributed by atoms with Crippen molar-refractivity contribution in [1.29, 1.82) is 0 Å². The zero-order chi connectivity index (χ0) is 8.27. The highest BCUT2D eigenvalue weighted by Gasteiger charge is 2.03. The first-order chi connectivity index (χ1) is 5.24. The summed E-state index contributed by atoms with van der Waals surface area (Å²) in [7, 11) is 0.491. The van der Waals surface area contributed by atoms with Crippen LogP contribution in [0, 0.1) is 0 Å². The average molecular weight is 190 g/mol. The Labute approximate surface area is 72.1 Å². The van der Waals surface area contributed by atoms with E-state index >= 15 is 0 Å². The van der Waals surface area contributed by atoms with Crippen molar-refractivity contribution in [3.8, 4) is 0 Å². The molecule has 0 aliphatic heterocycles. The first-order valence-electron chi connectivity index (χ1n) is 3.16. The van der Waals surface area contributed by atoms with Gasteiger partial charge >= 0.3 is 0 Å². The highest BCUT2D eigenvalue weighted by atomic mass is 35.5. The lowest BCUT2D eigenvalue weighted by atomic mass is 10.4. The van der Waals surface area contributed by atoms with Crippen LogP contribution in [0.25, 0.3) is 0 Å². The van der Waals surface area contributed by atoms with Gasteiger partial charge in [0.2, 0.25) is 0 Å². The van der Waals surface area contributed by atoms with Gasteiger partial charge in [-0.05, 0) is 19.2 Å². The van der Waals surface area contributed by atoms with Gasteiger partial charge in [0.15, 0.2) is 0 Å². The van der Waals surface area contributed by atoms with Crippen molar-refractivity contribution < 1.29 is 4.89 Å². The second kappa shape index (κ2) is 4.03. The fraction of sp³-hybridized carbons (Fsp3) is 0.143. The number of halogens is 1. The van der Waals surface area contributed by atoms with Crippen molar-refractivity contribution in [3.63, 3.8) is 0 Å². The van der Waals surface area contributed by atoms with Gasteiger partial charge in [0.1, 0.15) is 8.30 Å². The van der Waals surface area contributed by atoms with Gasteiger partial charge in [0.25, 0.3) is 0 Å². The summed E-state index contributed by atoms with van der Waals surface area (Å²) < 4.78 is 0. The quantitative estimate of drug-likeness (QED) is 0.691. The van der Waals surface area contributed by atoms with E-state index in [1.807, 2.05) is 12.1 Å². The Kier molecular flexibility index (Phi) is 3.28. The van der Waals surface area contributed by atoms with Crippen LogP contribution in [-0.4, -0.2) is 11.9 Å². The van der Waals surface area contributed by atoms with E-state index in [9.17, 15) is 4.89 Å². The summed E-state index contributed by atoms with van der Waals surface area (Å²) in [5.41, 5.74) is 0. The van der Waals surface area contributed by atoms with E-state index in [1.54, 1.807) is 19.2 Å². The maximum absolute atomic E-state index is 9.35. The summed E-state index contributed by atoms with van der Waals surface area (Å²) in [6.07, 6.45) is 0. The van der Waals surface area contributed by atoms with Crippen molar-refractivity contribution in [2.45, 2.75) is 0 Å². The molecule has 0 amide bonds. The van der Waals surface area contributed by atoms with Crippen molar-refractivity contribution in [2.24, 2.45) is 0 Å². The van der Waals surface area contributed by atoms with E-state index in [1.165, 1.54) is 0 Å². The second-order valence-corrected chi connectivity index (χ2v) is 4.04. The molecule has 11 heavy (non-hydrogen) atoms. The Balaban J connectivity index is 2.86. The Morgan fingerprint density at radius 1 is 1.55 bits per heavy atom. The first kappa shape index (κ1) is 8.95. The zero-order valence-corrected chi connectivity index (χ0v) is 7.73. The van der Waals surface area contributed by atoms with Gasteiger partial charge in [0.05, 0.1) is 0 Å². The maximum Gasteiger partial charge on any atom is 0.131 e. The number of hydrogen-bond donors (Lipinski definition) is 2. The largest absolute Gasteiger partial charge is 0.356 e. The van der Waals surface area contributed by atoms with Crippen LogP contribution in [0.4, 0.5) is 0 Å². The molecule has 1 rings (SSSR count). The smallest absolute Gasteiger partial charge is 0.131 e. The minimum Gasteiger partial charge on any atom is -0.356 e. The monoisotopic (exact) mass is 189 g/mol. The lowest BCUT2D eigenvalue weighted by Crippen LogP contribution is -2.09. The number of hydrogen-bond acceptors (Lipinski definition) is 2. The van der Waals surface area contributed by atoms with Crippen molar-refractivity contribution >= 4 is 25.2 Å². The topological polar surface area (TPSA) is 32.3 Å². The van der Waals surface area contributed by atoms with Gasteiger partial charge in [0, 0.05) is 10.3 Å². The molecule has 0 saturated heterocycles. The van der Waals surface area contributed by atoms with Gasteiger partial charge in [-0.25, -0.2) is 0 Å². The minimum atomic E-state index is -1.22. The van der Waals surface area contributed by atoms with Crippen LogP contribution in [0.15, 0.2) is 24.3 Å². The van der Waals surface area contributed by atoms with E-state index in [-0.39, 0.29) is 0 Å². The SMILES string of the molecule is CNP(O)c1cccc(Cl)c1. The molecule has 2 nitrogen and oxygen atoms in total. The zero-order valence-electron chi connectivity index (χ0n) is 6.08. The fourth-order valence-electron chi connectivity index (χ4n) is 0.737. The van der Waals surface area contributed by atoms with Crippen LogP contribution in [0.1, 0.15) is 0 Å². The predicted octanol–water partition coefficient (Wildman–Crippen LogP) is 1.49. The molecule has 0 bridgehead atoms. The van der Waals surface area contributed by atoms with Crippen LogP contribution in [0.5, 0.6) is 0 Å². The Morgan fingerprint density at radius 3 is 2.82 bits per heavy atom. The normalized spacial score (nSPS) is 13.0. The third kappa shape index (κ3) is 2.42. The van der Waals surface area contributed by atoms with E-state index in [2.05, 4.69) is 5.09 Å². The Bertz CT molecular complexity index is 244. The molecule has 0 aromatic heterocycles. The molecular formula is C7H9ClNOP. The van der Waals surface area contributed by atoms with E-state index < -0.39 is 8.30 Å². The number of nitrogens with one attached hydrogen (secondary N) is 1. The van der Waals surface area contributed by atoms with Crippen LogP contribution < -0.4 is 10.4 Å². The predicted molar refractivity (Wildman–Crippen MR) is 49.3 cm³/mol. The third-order valence-electron chi connectivity index (χ3n) is 1.26. The summed E-state index contributed by atoms with van der Waals surface area (Å²) >= 11 is 5.72. The molecule has 1 atom stereocenters. The molecule has 0 fully saturated rings. The molecule has 1 aromatic carbocycles. The lowest BCUT2D eigenvalue weighted by Gasteiger charge is -2.07. The van der Waals surface area contributed by atoms with Gasteiger partial charge < -0.3 is 4.89 Å². The molecule has 60 valence electrons. The fourth-order valence-corrected chi connectivity index (χ4v) is 1.75. The van der Waals surface area contributed by atoms with E-state index in [0.29, 0.717) is 5.02 Å². The average Bonchev–Trinajstić information content (AvgIpc) is 2.03. The van der Waals surface area contributed by atoms with E-state index in [4.69, 9.17) is 11.6 Å². The van der Waals surface area contributed by atoms with Crippen LogP contribution in [0.3, 0.4) is 0 Å². The molecule has 1 aromatic rings. The molecule has 0 aliphatic rings. The highest BCUT2D eigenvalue weighted by Crippen LogP contribution is 2.22. The Hall–Kier alpha value is -0.140. The molecule has 0 spiro atoms. The molecule has 0 radical (unpaired) electrons. The van der Waals surface area contributed by atoms with Crippen LogP contribution in [0.2, 0.25) is 5.02 Å².